The number of benzene rings is 1. The molecule has 4 atom stereocenters. The quantitative estimate of drug-likeness (QED) is 0.338. The molecule has 0 fully saturated rings. The molecule has 7 nitrogen and oxygen atoms in total. The van der Waals surface area contributed by atoms with E-state index in [0.29, 0.717) is 30.5 Å². The Bertz CT molecular complexity index is 716. The standard InChI is InChI=1S/C24H38ClN3O4/c1-5-17(2)11-22(28-24(31)32-16-20-7-6-8-21(25)13-20)14-27-23(15-29)12-18(3)9-10-26-19(4)30/h6-8,13,15,17-18,22-23,27H,5,9-12,14,16H2,1-4H3,(H,26,30)(H,28,31)/t17?,18?,22?,23-/m0/s1. The molecule has 0 saturated carbocycles. The van der Waals surface area contributed by atoms with Crippen LogP contribution in [0.25, 0.3) is 0 Å². The number of alkyl carbamates (subject to hydrolysis) is 1. The number of halogens is 1. The molecule has 1 rings (SSSR count). The predicted molar refractivity (Wildman–Crippen MR) is 128 cm³/mol. The van der Waals surface area contributed by atoms with Crippen molar-refractivity contribution in [3.63, 3.8) is 0 Å². The minimum Gasteiger partial charge on any atom is -0.445 e. The summed E-state index contributed by atoms with van der Waals surface area (Å²) in [5, 5.41) is 9.57. The summed E-state index contributed by atoms with van der Waals surface area (Å²) in [6, 6.07) is 6.71. The van der Waals surface area contributed by atoms with Crippen molar-refractivity contribution in [3.05, 3.63) is 34.9 Å². The summed E-state index contributed by atoms with van der Waals surface area (Å²) in [5.41, 5.74) is 0.818. The average Bonchev–Trinajstić information content (AvgIpc) is 2.74. The first-order chi connectivity index (χ1) is 15.2. The zero-order valence-electron chi connectivity index (χ0n) is 19.7. The van der Waals surface area contributed by atoms with Crippen LogP contribution in [0.1, 0.15) is 58.9 Å². The minimum absolute atomic E-state index is 0.0523. The van der Waals surface area contributed by atoms with Crippen molar-refractivity contribution in [1.29, 1.82) is 0 Å². The van der Waals surface area contributed by atoms with E-state index in [-0.39, 0.29) is 30.5 Å². The highest BCUT2D eigenvalue weighted by atomic mass is 35.5. The zero-order valence-corrected chi connectivity index (χ0v) is 20.4. The fourth-order valence-electron chi connectivity index (χ4n) is 3.36. The average molecular weight is 468 g/mol. The Kier molecular flexibility index (Phi) is 13.6. The number of nitrogens with one attached hydrogen (secondary N) is 3. The Morgan fingerprint density at radius 3 is 2.56 bits per heavy atom. The van der Waals surface area contributed by atoms with Crippen LogP contribution in [0.15, 0.2) is 24.3 Å². The first kappa shape index (κ1) is 27.9. The van der Waals surface area contributed by atoms with Crippen LogP contribution in [0.4, 0.5) is 4.79 Å². The lowest BCUT2D eigenvalue weighted by Crippen LogP contribution is -2.46. The van der Waals surface area contributed by atoms with Crippen molar-refractivity contribution < 1.29 is 19.1 Å². The van der Waals surface area contributed by atoms with Gasteiger partial charge in [0.25, 0.3) is 0 Å². The van der Waals surface area contributed by atoms with Crippen molar-refractivity contribution in [2.24, 2.45) is 11.8 Å². The molecule has 0 spiro atoms. The van der Waals surface area contributed by atoms with Crippen LogP contribution in [-0.2, 0) is 20.9 Å². The predicted octanol–water partition coefficient (Wildman–Crippen LogP) is 4.08. The van der Waals surface area contributed by atoms with Gasteiger partial charge in [0.15, 0.2) is 0 Å². The zero-order chi connectivity index (χ0) is 23.9. The third kappa shape index (κ3) is 12.7. The molecule has 0 aliphatic rings. The number of hydrogen-bond acceptors (Lipinski definition) is 5. The SMILES string of the molecule is CCC(C)CC(CN[C@H](C=O)CC(C)CCNC(C)=O)NC(=O)OCc1cccc(Cl)c1. The van der Waals surface area contributed by atoms with Gasteiger partial charge in [0, 0.05) is 31.1 Å². The van der Waals surface area contributed by atoms with Crippen LogP contribution in [0, 0.1) is 11.8 Å². The molecule has 0 saturated heterocycles. The minimum atomic E-state index is -0.494. The molecule has 3 unspecified atom stereocenters. The number of aldehydes is 1. The Balaban J connectivity index is 2.54. The van der Waals surface area contributed by atoms with Gasteiger partial charge in [-0.2, -0.15) is 0 Å². The van der Waals surface area contributed by atoms with E-state index < -0.39 is 6.09 Å². The van der Waals surface area contributed by atoms with E-state index >= 15 is 0 Å². The summed E-state index contributed by atoms with van der Waals surface area (Å²) in [6.45, 7) is 8.99. The van der Waals surface area contributed by atoms with Crippen molar-refractivity contribution in [3.8, 4) is 0 Å². The van der Waals surface area contributed by atoms with Gasteiger partial charge in [-0.3, -0.25) is 4.79 Å². The lowest BCUT2D eigenvalue weighted by atomic mass is 9.97. The van der Waals surface area contributed by atoms with Crippen LogP contribution in [0.3, 0.4) is 0 Å². The molecular formula is C24H38ClN3O4. The van der Waals surface area contributed by atoms with Crippen LogP contribution in [0.5, 0.6) is 0 Å². The number of ether oxygens (including phenoxy) is 1. The normalized spacial score (nSPS) is 14.7. The van der Waals surface area contributed by atoms with E-state index in [4.69, 9.17) is 16.3 Å². The molecule has 0 aromatic heterocycles. The van der Waals surface area contributed by atoms with E-state index in [1.165, 1.54) is 6.92 Å². The molecule has 0 aliphatic carbocycles. The third-order valence-corrected chi connectivity index (χ3v) is 5.66. The number of carbonyl (C=O) groups is 3. The second kappa shape index (κ2) is 15.6. The third-order valence-electron chi connectivity index (χ3n) is 5.42. The summed E-state index contributed by atoms with van der Waals surface area (Å²) in [5.74, 6) is 0.637. The summed E-state index contributed by atoms with van der Waals surface area (Å²) in [6.07, 6.45) is 3.65. The van der Waals surface area contributed by atoms with E-state index in [0.717, 1.165) is 31.1 Å². The first-order valence-corrected chi connectivity index (χ1v) is 11.7. The fraction of sp³-hybridized carbons (Fsp3) is 0.625. The van der Waals surface area contributed by atoms with E-state index in [1.807, 2.05) is 12.1 Å². The van der Waals surface area contributed by atoms with Crippen molar-refractivity contribution in [2.45, 2.75) is 72.1 Å². The van der Waals surface area contributed by atoms with E-state index in [9.17, 15) is 14.4 Å². The molecule has 2 amide bonds. The second-order valence-corrected chi connectivity index (χ2v) is 9.00. The molecule has 0 aliphatic heterocycles. The topological polar surface area (TPSA) is 96.5 Å². The Morgan fingerprint density at radius 1 is 1.19 bits per heavy atom. The van der Waals surface area contributed by atoms with E-state index in [1.54, 1.807) is 12.1 Å². The number of amides is 2. The van der Waals surface area contributed by atoms with Gasteiger partial charge in [0.2, 0.25) is 5.91 Å². The van der Waals surface area contributed by atoms with Crippen LogP contribution in [-0.4, -0.2) is 43.5 Å². The highest BCUT2D eigenvalue weighted by Gasteiger charge is 2.19. The number of carbonyl (C=O) groups excluding carboxylic acids is 3. The van der Waals surface area contributed by atoms with Crippen LogP contribution >= 0.6 is 11.6 Å². The fourth-order valence-corrected chi connectivity index (χ4v) is 3.57. The molecule has 8 heteroatoms. The van der Waals surface area contributed by atoms with Crippen molar-refractivity contribution >= 4 is 29.9 Å². The summed E-state index contributed by atoms with van der Waals surface area (Å²) in [7, 11) is 0. The molecule has 1 aromatic rings. The molecule has 0 heterocycles. The Labute approximate surface area is 197 Å². The van der Waals surface area contributed by atoms with Gasteiger partial charge in [0.1, 0.15) is 12.9 Å². The molecule has 180 valence electrons. The molecule has 3 N–H and O–H groups in total. The van der Waals surface area contributed by atoms with Gasteiger partial charge in [-0.1, -0.05) is 50.9 Å². The number of rotatable bonds is 15. The summed E-state index contributed by atoms with van der Waals surface area (Å²) < 4.78 is 5.35. The summed E-state index contributed by atoms with van der Waals surface area (Å²) >= 11 is 5.97. The first-order valence-electron chi connectivity index (χ1n) is 11.3. The molecule has 32 heavy (non-hydrogen) atoms. The van der Waals surface area contributed by atoms with Crippen molar-refractivity contribution in [1.82, 2.24) is 16.0 Å². The lowest BCUT2D eigenvalue weighted by Gasteiger charge is -2.25. The highest BCUT2D eigenvalue weighted by Crippen LogP contribution is 2.13. The van der Waals surface area contributed by atoms with E-state index in [2.05, 4.69) is 36.7 Å². The molecular weight excluding hydrogens is 430 g/mol. The molecule has 0 bridgehead atoms. The van der Waals surface area contributed by atoms with Gasteiger partial charge >= 0.3 is 6.09 Å². The summed E-state index contributed by atoms with van der Waals surface area (Å²) in [4.78, 5) is 34.9. The van der Waals surface area contributed by atoms with Gasteiger partial charge in [0.05, 0.1) is 6.04 Å². The lowest BCUT2D eigenvalue weighted by molar-refractivity contribution is -0.119. The largest absolute Gasteiger partial charge is 0.445 e. The van der Waals surface area contributed by atoms with Gasteiger partial charge in [-0.05, 0) is 48.8 Å². The highest BCUT2D eigenvalue weighted by molar-refractivity contribution is 6.30. The number of hydrogen-bond donors (Lipinski definition) is 3. The Hall–Kier alpha value is -2.12. The monoisotopic (exact) mass is 467 g/mol. The maximum absolute atomic E-state index is 12.3. The van der Waals surface area contributed by atoms with Crippen LogP contribution in [0.2, 0.25) is 5.02 Å². The maximum atomic E-state index is 12.3. The van der Waals surface area contributed by atoms with Gasteiger partial charge < -0.3 is 25.5 Å². The smallest absolute Gasteiger partial charge is 0.407 e. The Morgan fingerprint density at radius 2 is 1.94 bits per heavy atom. The second-order valence-electron chi connectivity index (χ2n) is 8.56. The van der Waals surface area contributed by atoms with Crippen LogP contribution < -0.4 is 16.0 Å². The van der Waals surface area contributed by atoms with Crippen molar-refractivity contribution in [2.75, 3.05) is 13.1 Å². The maximum Gasteiger partial charge on any atom is 0.407 e. The van der Waals surface area contributed by atoms with Gasteiger partial charge in [-0.15, -0.1) is 0 Å². The molecule has 0 radical (unpaired) electrons. The molecule has 1 aromatic carbocycles. The van der Waals surface area contributed by atoms with Gasteiger partial charge in [-0.25, -0.2) is 4.79 Å².